The molecule has 4 rings (SSSR count). The van der Waals surface area contributed by atoms with Gasteiger partial charge in [0, 0.05) is 30.3 Å². The lowest BCUT2D eigenvalue weighted by Crippen LogP contribution is -2.65. The number of ether oxygens (including phenoxy) is 1. The molecule has 0 radical (unpaired) electrons. The van der Waals surface area contributed by atoms with Crippen molar-refractivity contribution in [3.63, 3.8) is 0 Å². The number of benzene rings is 2. The molecule has 2 aliphatic rings. The number of hydrogen-bond donors (Lipinski definition) is 2. The van der Waals surface area contributed by atoms with Gasteiger partial charge < -0.3 is 15.0 Å². The lowest BCUT2D eigenvalue weighted by Gasteiger charge is -2.41. The Kier molecular flexibility index (Phi) is 6.88. The molecule has 1 saturated carbocycles. The number of nitrogens with zero attached hydrogens (tertiary/aromatic N) is 2. The van der Waals surface area contributed by atoms with Gasteiger partial charge in [0.05, 0.1) is 30.7 Å². The highest BCUT2D eigenvalue weighted by molar-refractivity contribution is 5.94. The second-order valence-corrected chi connectivity index (χ2v) is 8.56. The summed E-state index contributed by atoms with van der Waals surface area (Å²) in [5.74, 6) is 0.477. The van der Waals surface area contributed by atoms with Crippen molar-refractivity contribution in [3.8, 4) is 5.75 Å². The zero-order valence-electron chi connectivity index (χ0n) is 18.5. The van der Waals surface area contributed by atoms with Gasteiger partial charge in [0.1, 0.15) is 5.75 Å². The fourth-order valence-electron chi connectivity index (χ4n) is 4.62. The fraction of sp³-hybridized carbons (Fsp3) is 0.417. The fourth-order valence-corrected chi connectivity index (χ4v) is 4.62. The molecule has 1 heterocycles. The number of methoxy groups -OCH3 is 1. The van der Waals surface area contributed by atoms with E-state index in [1.807, 2.05) is 24.3 Å². The molecule has 9 heteroatoms. The molecule has 3 unspecified atom stereocenters. The van der Waals surface area contributed by atoms with Crippen molar-refractivity contribution in [2.75, 3.05) is 13.7 Å². The molecule has 0 aromatic heterocycles. The van der Waals surface area contributed by atoms with Crippen molar-refractivity contribution in [3.05, 3.63) is 69.8 Å². The first-order chi connectivity index (χ1) is 15.9. The van der Waals surface area contributed by atoms with Crippen LogP contribution in [0.5, 0.6) is 5.75 Å². The van der Waals surface area contributed by atoms with Crippen molar-refractivity contribution < 1.29 is 19.2 Å². The Balaban J connectivity index is 1.54. The predicted octanol–water partition coefficient (Wildman–Crippen LogP) is 2.85. The largest absolute Gasteiger partial charge is 0.497 e. The molecule has 2 N–H and O–H groups in total. The summed E-state index contributed by atoms with van der Waals surface area (Å²) in [6, 6.07) is 13.1. The van der Waals surface area contributed by atoms with E-state index in [1.165, 1.54) is 24.3 Å². The predicted molar refractivity (Wildman–Crippen MR) is 122 cm³/mol. The number of carbonyl (C=O) groups is 2. The van der Waals surface area contributed by atoms with Gasteiger partial charge >= 0.3 is 0 Å². The monoisotopic (exact) mass is 452 g/mol. The van der Waals surface area contributed by atoms with Gasteiger partial charge in [0.15, 0.2) is 0 Å². The minimum absolute atomic E-state index is 0.0181. The van der Waals surface area contributed by atoms with Crippen molar-refractivity contribution >= 4 is 17.5 Å². The second-order valence-electron chi connectivity index (χ2n) is 8.56. The molecule has 0 spiro atoms. The van der Waals surface area contributed by atoms with Crippen LogP contribution in [0.1, 0.15) is 41.6 Å². The molecule has 0 bridgehead atoms. The molecule has 2 amide bonds. The molecule has 2 aromatic rings. The average Bonchev–Trinajstić information content (AvgIpc) is 2.84. The van der Waals surface area contributed by atoms with Crippen LogP contribution in [0, 0.1) is 16.0 Å². The Hall–Kier alpha value is -3.46. The maximum absolute atomic E-state index is 13.4. The summed E-state index contributed by atoms with van der Waals surface area (Å²) in [5, 5.41) is 17.5. The zero-order chi connectivity index (χ0) is 23.4. The molecule has 3 atom stereocenters. The van der Waals surface area contributed by atoms with Crippen LogP contribution in [0.15, 0.2) is 48.5 Å². The van der Waals surface area contributed by atoms with Crippen molar-refractivity contribution in [2.45, 2.75) is 44.4 Å². The molecule has 2 fully saturated rings. The Morgan fingerprint density at radius 1 is 1.12 bits per heavy atom. The molecule has 9 nitrogen and oxygen atoms in total. The standard InChI is InChI=1S/C24H28N4O5/c1-33-19-12-6-16(7-13-19)14-27(24(30)17-8-10-18(11-9-17)28(31)32)15-22-25-21-5-3-2-4-20(21)23(29)26-22/h6-13,20-22,25H,2-5,14-15H2,1H3,(H,26,29). The Bertz CT molecular complexity index is 1010. The highest BCUT2D eigenvalue weighted by atomic mass is 16.6. The van der Waals surface area contributed by atoms with Crippen LogP contribution in [0.25, 0.3) is 0 Å². The maximum Gasteiger partial charge on any atom is 0.269 e. The Labute approximate surface area is 192 Å². The smallest absolute Gasteiger partial charge is 0.269 e. The third kappa shape index (κ3) is 5.31. The molecule has 2 aromatic carbocycles. The van der Waals surface area contributed by atoms with Crippen LogP contribution in [0.2, 0.25) is 0 Å². The summed E-state index contributed by atoms with van der Waals surface area (Å²) in [5.41, 5.74) is 1.19. The summed E-state index contributed by atoms with van der Waals surface area (Å²) in [6.45, 7) is 0.596. The quantitative estimate of drug-likeness (QED) is 0.493. The van der Waals surface area contributed by atoms with E-state index in [1.54, 1.807) is 12.0 Å². The Morgan fingerprint density at radius 3 is 2.48 bits per heavy atom. The lowest BCUT2D eigenvalue weighted by atomic mass is 9.82. The third-order valence-corrected chi connectivity index (χ3v) is 6.38. The summed E-state index contributed by atoms with van der Waals surface area (Å²) in [7, 11) is 1.59. The summed E-state index contributed by atoms with van der Waals surface area (Å²) in [4.78, 5) is 38.2. The minimum atomic E-state index is -0.495. The van der Waals surface area contributed by atoms with E-state index >= 15 is 0 Å². The van der Waals surface area contributed by atoms with E-state index in [0.29, 0.717) is 12.1 Å². The maximum atomic E-state index is 13.4. The number of hydrogen-bond acceptors (Lipinski definition) is 6. The first-order valence-electron chi connectivity index (χ1n) is 11.2. The van der Waals surface area contributed by atoms with E-state index in [2.05, 4.69) is 10.6 Å². The van der Waals surface area contributed by atoms with E-state index in [9.17, 15) is 19.7 Å². The van der Waals surface area contributed by atoms with Crippen LogP contribution < -0.4 is 15.4 Å². The number of nitro benzene ring substituents is 1. The van der Waals surface area contributed by atoms with Crippen molar-refractivity contribution in [1.29, 1.82) is 0 Å². The first kappa shape index (κ1) is 22.7. The topological polar surface area (TPSA) is 114 Å². The lowest BCUT2D eigenvalue weighted by molar-refractivity contribution is -0.384. The van der Waals surface area contributed by atoms with E-state index < -0.39 is 4.92 Å². The molecule has 1 aliphatic carbocycles. The van der Waals surface area contributed by atoms with E-state index in [0.717, 1.165) is 37.0 Å². The molecule has 33 heavy (non-hydrogen) atoms. The number of non-ortho nitro benzene ring substituents is 1. The molecular weight excluding hydrogens is 424 g/mol. The molecular formula is C24H28N4O5. The van der Waals surface area contributed by atoms with Gasteiger partial charge in [0.2, 0.25) is 5.91 Å². The van der Waals surface area contributed by atoms with Crippen molar-refractivity contribution in [1.82, 2.24) is 15.5 Å². The molecule has 174 valence electrons. The molecule has 1 saturated heterocycles. The average molecular weight is 453 g/mol. The normalized spacial score (nSPS) is 22.1. The third-order valence-electron chi connectivity index (χ3n) is 6.38. The van der Waals surface area contributed by atoms with Gasteiger partial charge in [-0.3, -0.25) is 25.0 Å². The number of carbonyl (C=O) groups excluding carboxylic acids is 2. The van der Waals surface area contributed by atoms with Crippen molar-refractivity contribution in [2.24, 2.45) is 5.92 Å². The van der Waals surface area contributed by atoms with Crippen LogP contribution in [0.4, 0.5) is 5.69 Å². The van der Waals surface area contributed by atoms with Crippen LogP contribution in [-0.4, -0.2) is 47.5 Å². The number of nitrogens with one attached hydrogen (secondary N) is 2. The number of amides is 2. The van der Waals surface area contributed by atoms with Gasteiger partial charge in [-0.05, 0) is 42.7 Å². The second kappa shape index (κ2) is 9.99. The summed E-state index contributed by atoms with van der Waals surface area (Å²) in [6.07, 6.45) is 3.61. The molecule has 1 aliphatic heterocycles. The van der Waals surface area contributed by atoms with Crippen LogP contribution in [-0.2, 0) is 11.3 Å². The van der Waals surface area contributed by atoms with Crippen LogP contribution in [0.3, 0.4) is 0 Å². The number of nitro groups is 1. The van der Waals surface area contributed by atoms with E-state index in [-0.39, 0.29) is 42.2 Å². The SMILES string of the molecule is COc1ccc(CN(CC2NC(=O)C3CCCCC3N2)C(=O)c2ccc([N+](=O)[O-])cc2)cc1. The Morgan fingerprint density at radius 2 is 1.82 bits per heavy atom. The zero-order valence-corrected chi connectivity index (χ0v) is 18.5. The van der Waals surface area contributed by atoms with Gasteiger partial charge in [-0.1, -0.05) is 25.0 Å². The van der Waals surface area contributed by atoms with E-state index in [4.69, 9.17) is 4.74 Å². The minimum Gasteiger partial charge on any atom is -0.497 e. The first-order valence-corrected chi connectivity index (χ1v) is 11.2. The van der Waals surface area contributed by atoms with Gasteiger partial charge in [-0.2, -0.15) is 0 Å². The highest BCUT2D eigenvalue weighted by Gasteiger charge is 2.38. The van der Waals surface area contributed by atoms with Gasteiger partial charge in [0.25, 0.3) is 11.6 Å². The van der Waals surface area contributed by atoms with Gasteiger partial charge in [-0.25, -0.2) is 0 Å². The van der Waals surface area contributed by atoms with Crippen LogP contribution >= 0.6 is 0 Å². The highest BCUT2D eigenvalue weighted by Crippen LogP contribution is 2.27. The number of fused-ring (bicyclic) bond motifs is 1. The summed E-state index contributed by atoms with van der Waals surface area (Å²) >= 11 is 0. The number of rotatable bonds is 7. The summed E-state index contributed by atoms with van der Waals surface area (Å²) < 4.78 is 5.21. The van der Waals surface area contributed by atoms with Gasteiger partial charge in [-0.15, -0.1) is 0 Å².